The summed E-state index contributed by atoms with van der Waals surface area (Å²) < 4.78 is 16.4. The van der Waals surface area contributed by atoms with Crippen LogP contribution in [0.25, 0.3) is 0 Å². The molecular formula is C36H68O6. The van der Waals surface area contributed by atoms with Gasteiger partial charge in [-0.2, -0.15) is 0 Å². The average molecular weight is 597 g/mol. The van der Waals surface area contributed by atoms with Gasteiger partial charge in [0, 0.05) is 19.3 Å². The Labute approximate surface area is 259 Å². The summed E-state index contributed by atoms with van der Waals surface area (Å²) in [5, 5.41) is 0. The number of hydrogen-bond acceptors (Lipinski definition) is 6. The molecule has 0 amide bonds. The van der Waals surface area contributed by atoms with Gasteiger partial charge in [-0.3, -0.25) is 14.4 Å². The third kappa shape index (κ3) is 28.5. The van der Waals surface area contributed by atoms with Gasteiger partial charge in [-0.05, 0) is 25.2 Å². The molecule has 248 valence electrons. The zero-order chi connectivity index (χ0) is 31.1. The summed E-state index contributed by atoms with van der Waals surface area (Å²) in [5.41, 5.74) is 0. The Morgan fingerprint density at radius 1 is 0.476 bits per heavy atom. The van der Waals surface area contributed by atoms with Crippen LogP contribution in [0, 0.1) is 5.92 Å². The number of carbonyl (C=O) groups excluding carboxylic acids is 3. The van der Waals surface area contributed by atoms with Gasteiger partial charge in [-0.15, -0.1) is 0 Å². The fourth-order valence-electron chi connectivity index (χ4n) is 5.00. The Kier molecular flexibility index (Phi) is 29.7. The first kappa shape index (κ1) is 40.4. The van der Waals surface area contributed by atoms with E-state index in [4.69, 9.17) is 14.2 Å². The van der Waals surface area contributed by atoms with Gasteiger partial charge in [0.2, 0.25) is 0 Å². The van der Waals surface area contributed by atoms with E-state index in [1.165, 1.54) is 77.0 Å². The summed E-state index contributed by atoms with van der Waals surface area (Å²) >= 11 is 0. The summed E-state index contributed by atoms with van der Waals surface area (Å²) in [6, 6.07) is 0. The van der Waals surface area contributed by atoms with Crippen LogP contribution < -0.4 is 0 Å². The van der Waals surface area contributed by atoms with Crippen molar-refractivity contribution in [2.24, 2.45) is 5.92 Å². The largest absolute Gasteiger partial charge is 0.462 e. The van der Waals surface area contributed by atoms with Crippen molar-refractivity contribution in [1.82, 2.24) is 0 Å². The number of unbranched alkanes of at least 4 members (excludes halogenated alkanes) is 17. The molecule has 0 heterocycles. The van der Waals surface area contributed by atoms with Crippen LogP contribution in [0.3, 0.4) is 0 Å². The monoisotopic (exact) mass is 597 g/mol. The molecule has 0 rings (SSSR count). The molecule has 0 aliphatic heterocycles. The fourth-order valence-corrected chi connectivity index (χ4v) is 5.00. The lowest BCUT2D eigenvalue weighted by atomic mass is 10.00. The minimum atomic E-state index is -0.755. The van der Waals surface area contributed by atoms with Crippen molar-refractivity contribution in [3.05, 3.63) is 0 Å². The molecule has 0 spiro atoms. The second-order valence-electron chi connectivity index (χ2n) is 12.4. The highest BCUT2D eigenvalue weighted by Gasteiger charge is 2.19. The minimum absolute atomic E-state index is 0.0677. The Bertz CT molecular complexity index is 634. The molecule has 0 aromatic heterocycles. The number of carbonyl (C=O) groups is 3. The summed E-state index contributed by atoms with van der Waals surface area (Å²) in [7, 11) is 0. The van der Waals surface area contributed by atoms with Crippen molar-refractivity contribution in [2.45, 2.75) is 194 Å². The maximum Gasteiger partial charge on any atom is 0.306 e. The van der Waals surface area contributed by atoms with Crippen molar-refractivity contribution in [1.29, 1.82) is 0 Å². The van der Waals surface area contributed by atoms with E-state index in [0.717, 1.165) is 70.1 Å². The highest BCUT2D eigenvalue weighted by Crippen LogP contribution is 2.15. The lowest BCUT2D eigenvalue weighted by Gasteiger charge is -2.18. The zero-order valence-electron chi connectivity index (χ0n) is 28.2. The van der Waals surface area contributed by atoms with Gasteiger partial charge in [0.25, 0.3) is 0 Å². The summed E-state index contributed by atoms with van der Waals surface area (Å²) in [5.74, 6) is -0.0734. The molecule has 0 saturated heterocycles. The Morgan fingerprint density at radius 2 is 0.833 bits per heavy atom. The molecule has 0 N–H and O–H groups in total. The van der Waals surface area contributed by atoms with E-state index < -0.39 is 6.10 Å². The lowest BCUT2D eigenvalue weighted by Crippen LogP contribution is -2.30. The van der Waals surface area contributed by atoms with E-state index in [1.54, 1.807) is 0 Å². The molecule has 6 nitrogen and oxygen atoms in total. The van der Waals surface area contributed by atoms with Crippen molar-refractivity contribution >= 4 is 17.9 Å². The fraction of sp³-hybridized carbons (Fsp3) is 0.917. The first-order valence-electron chi connectivity index (χ1n) is 17.9. The average Bonchev–Trinajstić information content (AvgIpc) is 2.98. The van der Waals surface area contributed by atoms with Crippen molar-refractivity contribution in [2.75, 3.05) is 13.2 Å². The van der Waals surface area contributed by atoms with E-state index in [9.17, 15) is 14.4 Å². The maximum absolute atomic E-state index is 12.5. The maximum atomic E-state index is 12.5. The quantitative estimate of drug-likeness (QED) is 0.0450. The molecule has 0 aliphatic carbocycles. The molecule has 1 unspecified atom stereocenters. The van der Waals surface area contributed by atoms with Gasteiger partial charge >= 0.3 is 17.9 Å². The standard InChI is InChI=1S/C36H68O6/c1-5-8-10-12-13-14-15-21-25-29-36(39)42-33(30-40-34(37)27-23-18-11-9-6-2)31-41-35(38)28-24-20-17-16-19-22-26-32(4)7-3/h32-33H,5-31H2,1-4H3/t32?,33-/m1/s1. The molecule has 0 radical (unpaired) electrons. The van der Waals surface area contributed by atoms with E-state index in [1.807, 2.05) is 0 Å². The smallest absolute Gasteiger partial charge is 0.306 e. The third-order valence-electron chi connectivity index (χ3n) is 8.15. The van der Waals surface area contributed by atoms with Crippen LogP contribution in [-0.4, -0.2) is 37.2 Å². The molecule has 0 saturated carbocycles. The number of hydrogen-bond donors (Lipinski definition) is 0. The summed E-state index contributed by atoms with van der Waals surface area (Å²) in [4.78, 5) is 37.0. The summed E-state index contributed by atoms with van der Waals surface area (Å²) in [6.45, 7) is 8.82. The van der Waals surface area contributed by atoms with Gasteiger partial charge in [0.1, 0.15) is 13.2 Å². The number of rotatable bonds is 31. The van der Waals surface area contributed by atoms with E-state index in [2.05, 4.69) is 27.7 Å². The van der Waals surface area contributed by atoms with Crippen LogP contribution >= 0.6 is 0 Å². The van der Waals surface area contributed by atoms with E-state index in [-0.39, 0.29) is 31.1 Å². The molecule has 0 fully saturated rings. The molecular weight excluding hydrogens is 528 g/mol. The highest BCUT2D eigenvalue weighted by atomic mass is 16.6. The van der Waals surface area contributed by atoms with Gasteiger partial charge in [-0.25, -0.2) is 0 Å². The lowest BCUT2D eigenvalue weighted by molar-refractivity contribution is -0.167. The van der Waals surface area contributed by atoms with E-state index >= 15 is 0 Å². The molecule has 2 atom stereocenters. The molecule has 0 aromatic rings. The van der Waals surface area contributed by atoms with Crippen LogP contribution in [0.4, 0.5) is 0 Å². The second kappa shape index (κ2) is 30.9. The molecule has 6 heteroatoms. The van der Waals surface area contributed by atoms with Crippen LogP contribution in [-0.2, 0) is 28.6 Å². The summed E-state index contributed by atoms with van der Waals surface area (Å²) in [6.07, 6.45) is 25.5. The van der Waals surface area contributed by atoms with E-state index in [0.29, 0.717) is 19.3 Å². The molecule has 0 aliphatic rings. The molecule has 0 aromatic carbocycles. The predicted molar refractivity (Wildman–Crippen MR) is 173 cm³/mol. The Morgan fingerprint density at radius 3 is 1.24 bits per heavy atom. The predicted octanol–water partition coefficient (Wildman–Crippen LogP) is 10.4. The third-order valence-corrected chi connectivity index (χ3v) is 8.15. The Hall–Kier alpha value is -1.59. The van der Waals surface area contributed by atoms with Crippen LogP contribution in [0.2, 0.25) is 0 Å². The van der Waals surface area contributed by atoms with Crippen molar-refractivity contribution in [3.8, 4) is 0 Å². The first-order chi connectivity index (χ1) is 20.4. The number of esters is 3. The Balaban J connectivity index is 4.33. The minimum Gasteiger partial charge on any atom is -0.462 e. The number of ether oxygens (including phenoxy) is 3. The van der Waals surface area contributed by atoms with Gasteiger partial charge in [-0.1, -0.05) is 150 Å². The molecule has 0 bridgehead atoms. The second-order valence-corrected chi connectivity index (χ2v) is 12.4. The van der Waals surface area contributed by atoms with Crippen LogP contribution in [0.1, 0.15) is 188 Å². The van der Waals surface area contributed by atoms with Crippen molar-refractivity contribution in [3.63, 3.8) is 0 Å². The van der Waals surface area contributed by atoms with Gasteiger partial charge in [0.15, 0.2) is 6.10 Å². The normalized spacial score (nSPS) is 12.6. The zero-order valence-corrected chi connectivity index (χ0v) is 28.2. The van der Waals surface area contributed by atoms with Crippen LogP contribution in [0.5, 0.6) is 0 Å². The topological polar surface area (TPSA) is 78.9 Å². The SMILES string of the molecule is CCCCCCCCCCCC(=O)O[C@H](COC(=O)CCCCCCC)COC(=O)CCCCCCCCC(C)CC. The highest BCUT2D eigenvalue weighted by molar-refractivity contribution is 5.71. The molecule has 42 heavy (non-hydrogen) atoms. The van der Waals surface area contributed by atoms with Gasteiger partial charge in [0.05, 0.1) is 0 Å². The first-order valence-corrected chi connectivity index (χ1v) is 17.9. The van der Waals surface area contributed by atoms with Crippen LogP contribution in [0.15, 0.2) is 0 Å². The van der Waals surface area contributed by atoms with Gasteiger partial charge < -0.3 is 14.2 Å². The van der Waals surface area contributed by atoms with Crippen molar-refractivity contribution < 1.29 is 28.6 Å².